The first-order valence-corrected chi connectivity index (χ1v) is 7.51. The van der Waals surface area contributed by atoms with Crippen LogP contribution in [0.1, 0.15) is 13.8 Å². The number of hydrogen-bond donors (Lipinski definition) is 1. The van der Waals surface area contributed by atoms with Crippen molar-refractivity contribution in [3.05, 3.63) is 36.4 Å². The maximum Gasteiger partial charge on any atom is 0.410 e. The second kappa shape index (κ2) is 6.05. The fourth-order valence-corrected chi connectivity index (χ4v) is 2.62. The third kappa shape index (κ3) is 2.62. The molecule has 5 nitrogen and oxygen atoms in total. The van der Waals surface area contributed by atoms with Gasteiger partial charge in [-0.05, 0) is 31.4 Å². The highest BCUT2D eigenvalue weighted by Crippen LogP contribution is 2.35. The highest BCUT2D eigenvalue weighted by molar-refractivity contribution is 6.14. The highest BCUT2D eigenvalue weighted by atomic mass is 16.6. The molecule has 0 spiro atoms. The first kappa shape index (κ1) is 14.4. The summed E-state index contributed by atoms with van der Waals surface area (Å²) in [6, 6.07) is 12.1. The van der Waals surface area contributed by atoms with Gasteiger partial charge in [0.25, 0.3) is 0 Å². The van der Waals surface area contributed by atoms with Gasteiger partial charge < -0.3 is 15.0 Å². The van der Waals surface area contributed by atoms with Crippen LogP contribution in [-0.4, -0.2) is 36.5 Å². The lowest BCUT2D eigenvalue weighted by atomic mass is 10.1. The molecule has 1 aliphatic heterocycles. The van der Waals surface area contributed by atoms with Crippen molar-refractivity contribution in [3.63, 3.8) is 0 Å². The summed E-state index contributed by atoms with van der Waals surface area (Å²) < 4.78 is 5.33. The summed E-state index contributed by atoms with van der Waals surface area (Å²) in [4.78, 5) is 18.1. The van der Waals surface area contributed by atoms with Gasteiger partial charge in [-0.25, -0.2) is 9.79 Å². The van der Waals surface area contributed by atoms with Crippen LogP contribution in [0.25, 0.3) is 10.8 Å². The van der Waals surface area contributed by atoms with E-state index in [0.717, 1.165) is 22.1 Å². The summed E-state index contributed by atoms with van der Waals surface area (Å²) in [6.45, 7) is 5.27. The van der Waals surface area contributed by atoms with Crippen LogP contribution in [0.2, 0.25) is 0 Å². The van der Waals surface area contributed by atoms with Gasteiger partial charge in [0.2, 0.25) is 0 Å². The molecule has 3 rings (SSSR count). The Morgan fingerprint density at radius 3 is 2.64 bits per heavy atom. The second-order valence-electron chi connectivity index (χ2n) is 5.09. The fraction of sp³-hybridized carbons (Fsp3) is 0.294. The van der Waals surface area contributed by atoms with Gasteiger partial charge in [-0.15, -0.1) is 0 Å². The number of amidine groups is 1. The molecule has 0 unspecified atom stereocenters. The van der Waals surface area contributed by atoms with E-state index >= 15 is 0 Å². The number of nitrogens with one attached hydrogen (secondary N) is 1. The first-order valence-electron chi connectivity index (χ1n) is 7.51. The minimum absolute atomic E-state index is 0.139. The SMILES string of the molecule is CCN(CC)C(=O)OCC1=Nc2cccc3cccc(c23)N1. The molecule has 0 bridgehead atoms. The molecule has 114 valence electrons. The van der Waals surface area contributed by atoms with E-state index in [-0.39, 0.29) is 12.7 Å². The van der Waals surface area contributed by atoms with Crippen LogP contribution in [0.5, 0.6) is 0 Å². The molecular weight excluding hydrogens is 278 g/mol. The number of hydrogen-bond acceptors (Lipinski definition) is 4. The smallest absolute Gasteiger partial charge is 0.410 e. The van der Waals surface area contributed by atoms with Crippen LogP contribution >= 0.6 is 0 Å². The molecule has 1 amide bonds. The second-order valence-corrected chi connectivity index (χ2v) is 5.09. The molecule has 1 aliphatic rings. The third-order valence-corrected chi connectivity index (χ3v) is 3.77. The van der Waals surface area contributed by atoms with Crippen LogP contribution in [0.15, 0.2) is 41.4 Å². The lowest BCUT2D eigenvalue weighted by molar-refractivity contribution is 0.119. The van der Waals surface area contributed by atoms with Gasteiger partial charge in [0.1, 0.15) is 5.84 Å². The number of nitrogens with zero attached hydrogens (tertiary/aromatic N) is 2. The summed E-state index contributed by atoms with van der Waals surface area (Å²) in [7, 11) is 0. The number of benzene rings is 2. The Morgan fingerprint density at radius 1 is 1.18 bits per heavy atom. The molecule has 0 radical (unpaired) electrons. The van der Waals surface area contributed by atoms with Crippen molar-refractivity contribution < 1.29 is 9.53 Å². The van der Waals surface area contributed by atoms with Gasteiger partial charge in [0.15, 0.2) is 6.61 Å². The zero-order valence-electron chi connectivity index (χ0n) is 12.8. The zero-order valence-corrected chi connectivity index (χ0v) is 12.8. The topological polar surface area (TPSA) is 53.9 Å². The van der Waals surface area contributed by atoms with E-state index < -0.39 is 0 Å². The molecule has 0 aliphatic carbocycles. The van der Waals surface area contributed by atoms with Gasteiger partial charge in [-0.3, -0.25) is 0 Å². The van der Waals surface area contributed by atoms with E-state index in [1.807, 2.05) is 38.1 Å². The largest absolute Gasteiger partial charge is 0.441 e. The number of anilines is 1. The molecular formula is C17H19N3O2. The normalized spacial score (nSPS) is 12.5. The average Bonchev–Trinajstić information content (AvgIpc) is 2.54. The monoisotopic (exact) mass is 297 g/mol. The number of amides is 1. The average molecular weight is 297 g/mol. The van der Waals surface area contributed by atoms with Gasteiger partial charge >= 0.3 is 6.09 Å². The predicted molar refractivity (Wildman–Crippen MR) is 88.9 cm³/mol. The maximum absolute atomic E-state index is 11.9. The van der Waals surface area contributed by atoms with Gasteiger partial charge in [-0.1, -0.05) is 24.3 Å². The lowest BCUT2D eigenvalue weighted by Crippen LogP contribution is -2.33. The third-order valence-electron chi connectivity index (χ3n) is 3.77. The highest BCUT2D eigenvalue weighted by Gasteiger charge is 2.17. The van der Waals surface area contributed by atoms with E-state index in [0.29, 0.717) is 18.9 Å². The number of rotatable bonds is 4. The summed E-state index contributed by atoms with van der Waals surface area (Å²) >= 11 is 0. The quantitative estimate of drug-likeness (QED) is 0.934. The van der Waals surface area contributed by atoms with Gasteiger partial charge in [-0.2, -0.15) is 0 Å². The van der Waals surface area contributed by atoms with Crippen LogP contribution in [0.4, 0.5) is 16.2 Å². The van der Waals surface area contributed by atoms with Crippen LogP contribution in [0, 0.1) is 0 Å². The predicted octanol–water partition coefficient (Wildman–Crippen LogP) is 3.77. The van der Waals surface area contributed by atoms with Crippen molar-refractivity contribution in [1.29, 1.82) is 0 Å². The molecule has 0 atom stereocenters. The van der Waals surface area contributed by atoms with Crippen LogP contribution < -0.4 is 5.32 Å². The molecule has 2 aromatic rings. The number of ether oxygens (including phenoxy) is 1. The lowest BCUT2D eigenvalue weighted by Gasteiger charge is -2.21. The van der Waals surface area contributed by atoms with Gasteiger partial charge in [0.05, 0.1) is 5.69 Å². The number of carbonyl (C=O) groups is 1. The fourth-order valence-electron chi connectivity index (χ4n) is 2.62. The van der Waals surface area contributed by atoms with Crippen LogP contribution in [-0.2, 0) is 4.74 Å². The van der Waals surface area contributed by atoms with E-state index in [9.17, 15) is 4.79 Å². The maximum atomic E-state index is 11.9. The Hall–Kier alpha value is -2.56. The van der Waals surface area contributed by atoms with Crippen molar-refractivity contribution in [1.82, 2.24) is 4.90 Å². The minimum Gasteiger partial charge on any atom is -0.441 e. The van der Waals surface area contributed by atoms with Crippen molar-refractivity contribution in [2.75, 3.05) is 25.0 Å². The molecule has 0 fully saturated rings. The Kier molecular flexibility index (Phi) is 3.96. The summed E-state index contributed by atoms with van der Waals surface area (Å²) in [5.74, 6) is 0.645. The summed E-state index contributed by atoms with van der Waals surface area (Å²) in [5, 5.41) is 5.49. The molecule has 0 saturated heterocycles. The Balaban J connectivity index is 1.79. The first-order chi connectivity index (χ1) is 10.7. The van der Waals surface area contributed by atoms with Gasteiger partial charge in [0, 0.05) is 24.2 Å². The van der Waals surface area contributed by atoms with E-state index in [4.69, 9.17) is 4.74 Å². The standard InChI is InChI=1S/C17H19N3O2/c1-3-20(4-2)17(21)22-11-15-18-13-9-5-7-12-8-6-10-14(19-15)16(12)13/h5-10H,3-4,11H2,1-2H3,(H,18,19). The molecule has 0 saturated carbocycles. The zero-order chi connectivity index (χ0) is 15.5. The molecule has 22 heavy (non-hydrogen) atoms. The number of aliphatic imine (C=N–C) groups is 1. The summed E-state index contributed by atoms with van der Waals surface area (Å²) in [5.41, 5.74) is 1.90. The van der Waals surface area contributed by atoms with E-state index in [1.165, 1.54) is 0 Å². The van der Waals surface area contributed by atoms with Crippen molar-refractivity contribution in [2.24, 2.45) is 4.99 Å². The molecule has 5 heteroatoms. The Morgan fingerprint density at radius 2 is 1.91 bits per heavy atom. The molecule has 2 aromatic carbocycles. The Labute approximate surface area is 129 Å². The number of carbonyl (C=O) groups excluding carboxylic acids is 1. The molecule has 1 heterocycles. The van der Waals surface area contributed by atoms with Crippen molar-refractivity contribution >= 4 is 34.1 Å². The Bertz CT molecular complexity index is 731. The van der Waals surface area contributed by atoms with Crippen LogP contribution in [0.3, 0.4) is 0 Å². The molecule has 1 N–H and O–H groups in total. The van der Waals surface area contributed by atoms with Crippen molar-refractivity contribution in [3.8, 4) is 0 Å². The molecule has 0 aromatic heterocycles. The van der Waals surface area contributed by atoms with E-state index in [2.05, 4.69) is 22.4 Å². The minimum atomic E-state index is -0.313. The van der Waals surface area contributed by atoms with Crippen molar-refractivity contribution in [2.45, 2.75) is 13.8 Å². The summed E-state index contributed by atoms with van der Waals surface area (Å²) in [6.07, 6.45) is -0.313. The van der Waals surface area contributed by atoms with E-state index in [1.54, 1.807) is 4.90 Å².